The van der Waals surface area contributed by atoms with Gasteiger partial charge >= 0.3 is 5.97 Å². The van der Waals surface area contributed by atoms with Crippen LogP contribution in [0.25, 0.3) is 11.1 Å². The number of carboxylic acid groups (broad SMARTS) is 1. The lowest BCUT2D eigenvalue weighted by molar-refractivity contribution is -0.160. The van der Waals surface area contributed by atoms with E-state index in [-0.39, 0.29) is 17.0 Å². The highest BCUT2D eigenvalue weighted by molar-refractivity contribution is 5.97. The summed E-state index contributed by atoms with van der Waals surface area (Å²) in [6.07, 6.45) is 1.62. The fourth-order valence-electron chi connectivity index (χ4n) is 5.63. The first-order valence-corrected chi connectivity index (χ1v) is 14.7. The van der Waals surface area contributed by atoms with Crippen LogP contribution in [0.4, 0.5) is 10.1 Å². The zero-order valence-electron chi connectivity index (χ0n) is 25.9. The Balaban J connectivity index is 1.75. The third kappa shape index (κ3) is 7.43. The molecule has 1 unspecified atom stereocenters. The van der Waals surface area contributed by atoms with E-state index in [9.17, 15) is 19.1 Å². The van der Waals surface area contributed by atoms with Gasteiger partial charge in [-0.05, 0) is 82.6 Å². The first-order valence-electron chi connectivity index (χ1n) is 14.7. The lowest BCUT2D eigenvalue weighted by Crippen LogP contribution is -2.39. The predicted octanol–water partition coefficient (Wildman–Crippen LogP) is 7.89. The van der Waals surface area contributed by atoms with Crippen molar-refractivity contribution in [3.05, 3.63) is 82.4 Å². The van der Waals surface area contributed by atoms with E-state index < -0.39 is 17.7 Å². The molecule has 1 N–H and O–H groups in total. The number of rotatable bonds is 9. The first kappa shape index (κ1) is 31.4. The van der Waals surface area contributed by atoms with Crippen LogP contribution in [0, 0.1) is 25.1 Å². The Hall–Kier alpha value is -3.58. The quantitative estimate of drug-likeness (QED) is 0.262. The van der Waals surface area contributed by atoms with Crippen molar-refractivity contribution in [2.24, 2.45) is 5.41 Å². The molecule has 42 heavy (non-hydrogen) atoms. The number of aliphatic carboxylic acids is 1. The van der Waals surface area contributed by atoms with E-state index in [0.29, 0.717) is 29.7 Å². The van der Waals surface area contributed by atoms with Crippen LogP contribution in [0.1, 0.15) is 92.9 Å². The van der Waals surface area contributed by atoms with Crippen molar-refractivity contribution in [1.29, 1.82) is 0 Å². The van der Waals surface area contributed by atoms with Crippen molar-refractivity contribution in [2.75, 3.05) is 18.0 Å². The summed E-state index contributed by atoms with van der Waals surface area (Å²) in [7, 11) is 0. The smallest absolute Gasteiger partial charge is 0.337 e. The SMILES string of the molecule is Cc1nc(C)c(C(OC(C)(C)C)C(=O)O)c(N2CCC(C)(C)CC2)c1-c1ccc(C(=O)CCc2ccc(F)cc2)cc1. The van der Waals surface area contributed by atoms with Crippen LogP contribution in [0.15, 0.2) is 48.5 Å². The molecule has 6 nitrogen and oxygen atoms in total. The molecule has 224 valence electrons. The van der Waals surface area contributed by atoms with Gasteiger partial charge in [0.25, 0.3) is 0 Å². The Kier molecular flexibility index (Phi) is 9.21. The molecule has 1 saturated heterocycles. The number of aromatic nitrogens is 1. The van der Waals surface area contributed by atoms with Crippen LogP contribution in [0.2, 0.25) is 0 Å². The number of pyridine rings is 1. The summed E-state index contributed by atoms with van der Waals surface area (Å²) in [5, 5.41) is 10.4. The number of piperidine rings is 1. The molecule has 0 bridgehead atoms. The van der Waals surface area contributed by atoms with Gasteiger partial charge in [-0.25, -0.2) is 9.18 Å². The van der Waals surface area contributed by atoms with Crippen LogP contribution in [-0.4, -0.2) is 40.5 Å². The number of benzene rings is 2. The molecule has 2 heterocycles. The van der Waals surface area contributed by atoms with Gasteiger partial charge in [0.15, 0.2) is 11.9 Å². The number of carboxylic acids is 1. The highest BCUT2D eigenvalue weighted by Gasteiger charge is 2.36. The summed E-state index contributed by atoms with van der Waals surface area (Å²) < 4.78 is 19.4. The predicted molar refractivity (Wildman–Crippen MR) is 165 cm³/mol. The first-order chi connectivity index (χ1) is 19.6. The summed E-state index contributed by atoms with van der Waals surface area (Å²) in [5.74, 6) is -1.34. The van der Waals surface area contributed by atoms with E-state index in [1.54, 1.807) is 12.1 Å². The average Bonchev–Trinajstić information content (AvgIpc) is 2.91. The minimum Gasteiger partial charge on any atom is -0.479 e. The monoisotopic (exact) mass is 574 g/mol. The lowest BCUT2D eigenvalue weighted by atomic mass is 9.81. The maximum atomic E-state index is 13.2. The molecule has 3 aromatic rings. The summed E-state index contributed by atoms with van der Waals surface area (Å²) in [5.41, 5.74) is 5.64. The van der Waals surface area contributed by atoms with Gasteiger partial charge in [-0.3, -0.25) is 9.78 Å². The summed E-state index contributed by atoms with van der Waals surface area (Å²) in [4.78, 5) is 32.8. The molecule has 1 fully saturated rings. The van der Waals surface area contributed by atoms with Crippen LogP contribution >= 0.6 is 0 Å². The zero-order valence-corrected chi connectivity index (χ0v) is 25.9. The van der Waals surface area contributed by atoms with Gasteiger partial charge in [0.2, 0.25) is 0 Å². The van der Waals surface area contributed by atoms with Crippen molar-refractivity contribution in [1.82, 2.24) is 4.98 Å². The molecular weight excluding hydrogens is 531 g/mol. The van der Waals surface area contributed by atoms with Gasteiger partial charge in [0.05, 0.1) is 11.3 Å². The zero-order chi connectivity index (χ0) is 30.8. The second kappa shape index (κ2) is 12.3. The Morgan fingerprint density at radius 1 is 1.00 bits per heavy atom. The van der Waals surface area contributed by atoms with Gasteiger partial charge < -0.3 is 14.7 Å². The number of carbonyl (C=O) groups excluding carboxylic acids is 1. The van der Waals surface area contributed by atoms with E-state index in [4.69, 9.17) is 9.72 Å². The Morgan fingerprint density at radius 2 is 1.60 bits per heavy atom. The Morgan fingerprint density at radius 3 is 2.14 bits per heavy atom. The van der Waals surface area contributed by atoms with Crippen molar-refractivity contribution in [3.8, 4) is 11.1 Å². The number of halogens is 1. The van der Waals surface area contributed by atoms with E-state index in [1.165, 1.54) is 12.1 Å². The normalized spacial score (nSPS) is 15.9. The van der Waals surface area contributed by atoms with Gasteiger partial charge in [0, 0.05) is 47.6 Å². The molecule has 0 amide bonds. The number of ether oxygens (including phenoxy) is 1. The van der Waals surface area contributed by atoms with Crippen molar-refractivity contribution < 1.29 is 23.8 Å². The van der Waals surface area contributed by atoms with Crippen LogP contribution in [-0.2, 0) is 16.0 Å². The molecule has 0 radical (unpaired) electrons. The van der Waals surface area contributed by atoms with Crippen LogP contribution < -0.4 is 4.90 Å². The number of hydrogen-bond donors (Lipinski definition) is 1. The van der Waals surface area contributed by atoms with Crippen LogP contribution in [0.3, 0.4) is 0 Å². The summed E-state index contributed by atoms with van der Waals surface area (Å²) in [6, 6.07) is 13.7. The molecule has 0 aliphatic carbocycles. The molecule has 1 aliphatic heterocycles. The fraction of sp³-hybridized carbons (Fsp3) is 0.457. The molecule has 4 rings (SSSR count). The largest absolute Gasteiger partial charge is 0.479 e. The minimum atomic E-state index is -1.19. The van der Waals surface area contributed by atoms with Crippen molar-refractivity contribution in [3.63, 3.8) is 0 Å². The Bertz CT molecular complexity index is 1430. The molecule has 1 atom stereocenters. The second-order valence-electron chi connectivity index (χ2n) is 13.1. The third-order valence-electron chi connectivity index (χ3n) is 8.02. The minimum absolute atomic E-state index is 0.00770. The standard InChI is InChI=1S/C35H43FN2O4/c1-22-29(26-13-11-25(12-14-26)28(39)17-10-24-8-15-27(36)16-9-24)31(38-20-18-35(6,7)19-21-38)30(23(2)37-22)32(33(40)41)42-34(3,4)5/h8-9,11-16,32H,10,17-21H2,1-7H3,(H,40,41). The van der Waals surface area contributed by atoms with Crippen molar-refractivity contribution >= 4 is 17.4 Å². The average molecular weight is 575 g/mol. The number of hydrogen-bond acceptors (Lipinski definition) is 5. The number of nitrogens with zero attached hydrogens (tertiary/aromatic N) is 2. The molecule has 2 aromatic carbocycles. The molecule has 0 saturated carbocycles. The molecule has 1 aromatic heterocycles. The van der Waals surface area contributed by atoms with Gasteiger partial charge in [-0.15, -0.1) is 0 Å². The molecule has 7 heteroatoms. The maximum Gasteiger partial charge on any atom is 0.337 e. The second-order valence-corrected chi connectivity index (χ2v) is 13.1. The summed E-state index contributed by atoms with van der Waals surface area (Å²) in [6.45, 7) is 15.5. The van der Waals surface area contributed by atoms with Gasteiger partial charge in [0.1, 0.15) is 5.82 Å². The topological polar surface area (TPSA) is 79.7 Å². The van der Waals surface area contributed by atoms with E-state index in [0.717, 1.165) is 54.0 Å². The van der Waals surface area contributed by atoms with Crippen LogP contribution in [0.5, 0.6) is 0 Å². The third-order valence-corrected chi connectivity index (χ3v) is 8.02. The molecule has 0 spiro atoms. The number of anilines is 1. The lowest BCUT2D eigenvalue weighted by Gasteiger charge is -2.41. The maximum absolute atomic E-state index is 13.2. The van der Waals surface area contributed by atoms with E-state index in [1.807, 2.05) is 58.9 Å². The van der Waals surface area contributed by atoms with E-state index >= 15 is 0 Å². The number of Topliss-reactive ketones (excluding diaryl/α,β-unsaturated/α-hetero) is 1. The van der Waals surface area contributed by atoms with Gasteiger partial charge in [-0.1, -0.05) is 50.2 Å². The highest BCUT2D eigenvalue weighted by Crippen LogP contribution is 2.44. The number of aryl methyl sites for hydroxylation is 3. The van der Waals surface area contributed by atoms with Gasteiger partial charge in [-0.2, -0.15) is 0 Å². The van der Waals surface area contributed by atoms with Crippen molar-refractivity contribution in [2.45, 2.75) is 85.9 Å². The number of ketones is 1. The highest BCUT2D eigenvalue weighted by atomic mass is 19.1. The fourth-order valence-corrected chi connectivity index (χ4v) is 5.63. The van der Waals surface area contributed by atoms with E-state index in [2.05, 4.69) is 18.7 Å². The summed E-state index contributed by atoms with van der Waals surface area (Å²) >= 11 is 0. The number of carbonyl (C=O) groups is 2. The Labute approximate surface area is 248 Å². The molecule has 1 aliphatic rings. The molecular formula is C35H43FN2O4.